The van der Waals surface area contributed by atoms with Gasteiger partial charge in [-0.05, 0) is 35.9 Å². The van der Waals surface area contributed by atoms with E-state index in [1.807, 2.05) is 0 Å². The molecule has 11 heteroatoms. The summed E-state index contributed by atoms with van der Waals surface area (Å²) in [6.07, 6.45) is 1.03. The first-order valence-electron chi connectivity index (χ1n) is 9.09. The molecule has 1 amide bonds. The van der Waals surface area contributed by atoms with Gasteiger partial charge in [0.25, 0.3) is 5.91 Å². The van der Waals surface area contributed by atoms with E-state index in [-0.39, 0.29) is 30.9 Å². The second-order valence-electron chi connectivity index (χ2n) is 6.83. The SMILES string of the molecule is CS(=O)(=O)NCCNC(=O)c1cccc2c1cc(C(=O)O)n2Cc1ccc(Cl)c(Cl)c1. The van der Waals surface area contributed by atoms with Crippen LogP contribution in [0.2, 0.25) is 10.0 Å². The van der Waals surface area contributed by atoms with Crippen LogP contribution in [0.5, 0.6) is 0 Å². The molecular weight excluding hydrogens is 465 g/mol. The summed E-state index contributed by atoms with van der Waals surface area (Å²) in [5.41, 5.74) is 1.61. The van der Waals surface area contributed by atoms with Crippen LogP contribution in [0.3, 0.4) is 0 Å². The van der Waals surface area contributed by atoms with E-state index in [1.165, 1.54) is 6.07 Å². The standard InChI is InChI=1S/C20H19Cl2N3O5S/c1-31(29,30)24-8-7-23-19(26)13-3-2-4-17-14(13)10-18(20(27)28)25(17)11-12-5-6-15(21)16(22)9-12/h2-6,9-10,24H,7-8,11H2,1H3,(H,23,26)(H,27,28). The van der Waals surface area contributed by atoms with Crippen molar-refractivity contribution in [1.29, 1.82) is 0 Å². The van der Waals surface area contributed by atoms with E-state index in [4.69, 9.17) is 23.2 Å². The molecule has 0 fully saturated rings. The molecule has 0 aliphatic heterocycles. The number of aromatic carboxylic acids is 1. The number of carbonyl (C=O) groups excluding carboxylic acids is 1. The van der Waals surface area contributed by atoms with Crippen molar-refractivity contribution in [2.75, 3.05) is 19.3 Å². The lowest BCUT2D eigenvalue weighted by atomic mass is 10.1. The molecule has 0 bridgehead atoms. The van der Waals surface area contributed by atoms with Crippen LogP contribution in [-0.2, 0) is 16.6 Å². The molecule has 164 valence electrons. The number of halogens is 2. The summed E-state index contributed by atoms with van der Waals surface area (Å²) in [4.78, 5) is 24.5. The monoisotopic (exact) mass is 483 g/mol. The number of sulfonamides is 1. The van der Waals surface area contributed by atoms with Crippen LogP contribution in [0, 0.1) is 0 Å². The average molecular weight is 484 g/mol. The van der Waals surface area contributed by atoms with Crippen molar-refractivity contribution in [3.05, 3.63) is 69.3 Å². The fourth-order valence-electron chi connectivity index (χ4n) is 3.16. The Morgan fingerprint density at radius 2 is 1.81 bits per heavy atom. The summed E-state index contributed by atoms with van der Waals surface area (Å²) in [6.45, 7) is 0.336. The number of carboxylic acid groups (broad SMARTS) is 1. The van der Waals surface area contributed by atoms with Crippen LogP contribution < -0.4 is 10.0 Å². The lowest BCUT2D eigenvalue weighted by molar-refractivity contribution is 0.0686. The predicted molar refractivity (Wildman–Crippen MR) is 120 cm³/mol. The van der Waals surface area contributed by atoms with E-state index in [9.17, 15) is 23.1 Å². The Balaban J connectivity index is 1.93. The first-order valence-corrected chi connectivity index (χ1v) is 11.7. The Morgan fingerprint density at radius 1 is 1.06 bits per heavy atom. The van der Waals surface area contributed by atoms with Gasteiger partial charge in [0.05, 0.1) is 16.3 Å². The van der Waals surface area contributed by atoms with E-state index in [0.717, 1.165) is 11.8 Å². The lowest BCUT2D eigenvalue weighted by Crippen LogP contribution is -2.34. The lowest BCUT2D eigenvalue weighted by Gasteiger charge is -2.10. The topological polar surface area (TPSA) is 118 Å². The van der Waals surface area contributed by atoms with Crippen LogP contribution in [0.1, 0.15) is 26.4 Å². The van der Waals surface area contributed by atoms with Gasteiger partial charge in [-0.1, -0.05) is 35.3 Å². The third-order valence-electron chi connectivity index (χ3n) is 4.51. The molecule has 3 aromatic rings. The van der Waals surface area contributed by atoms with E-state index >= 15 is 0 Å². The van der Waals surface area contributed by atoms with Crippen LogP contribution >= 0.6 is 23.2 Å². The minimum atomic E-state index is -3.36. The number of benzene rings is 2. The number of rotatable bonds is 8. The number of hydrogen-bond donors (Lipinski definition) is 3. The van der Waals surface area contributed by atoms with E-state index < -0.39 is 21.9 Å². The molecule has 0 radical (unpaired) electrons. The quantitative estimate of drug-likeness (QED) is 0.425. The molecule has 1 heterocycles. The van der Waals surface area contributed by atoms with Gasteiger partial charge in [0.2, 0.25) is 10.0 Å². The van der Waals surface area contributed by atoms with Gasteiger partial charge in [-0.2, -0.15) is 0 Å². The van der Waals surface area contributed by atoms with Crippen molar-refractivity contribution in [2.24, 2.45) is 0 Å². The largest absolute Gasteiger partial charge is 0.477 e. The van der Waals surface area contributed by atoms with Gasteiger partial charge in [0.15, 0.2) is 0 Å². The van der Waals surface area contributed by atoms with Gasteiger partial charge in [-0.15, -0.1) is 0 Å². The highest BCUT2D eigenvalue weighted by molar-refractivity contribution is 7.88. The Hall–Kier alpha value is -2.59. The molecule has 0 aliphatic rings. The number of aromatic nitrogens is 1. The number of hydrogen-bond acceptors (Lipinski definition) is 4. The minimum Gasteiger partial charge on any atom is -0.477 e. The number of fused-ring (bicyclic) bond motifs is 1. The van der Waals surface area contributed by atoms with E-state index in [2.05, 4.69) is 10.0 Å². The summed E-state index contributed by atoms with van der Waals surface area (Å²) >= 11 is 12.0. The second-order valence-corrected chi connectivity index (χ2v) is 9.48. The maximum atomic E-state index is 12.6. The normalized spacial score (nSPS) is 11.6. The summed E-state index contributed by atoms with van der Waals surface area (Å²) in [7, 11) is -3.36. The van der Waals surface area contributed by atoms with Crippen molar-refractivity contribution in [3.8, 4) is 0 Å². The van der Waals surface area contributed by atoms with Crippen LogP contribution in [0.15, 0.2) is 42.5 Å². The summed E-state index contributed by atoms with van der Waals surface area (Å²) in [5.74, 6) is -1.58. The zero-order chi connectivity index (χ0) is 22.8. The maximum absolute atomic E-state index is 12.6. The molecule has 2 aromatic carbocycles. The van der Waals surface area contributed by atoms with Gasteiger partial charge >= 0.3 is 5.97 Å². The molecule has 0 saturated heterocycles. The minimum absolute atomic E-state index is 0.0139. The smallest absolute Gasteiger partial charge is 0.352 e. The molecule has 31 heavy (non-hydrogen) atoms. The molecule has 0 unspecified atom stereocenters. The zero-order valence-electron chi connectivity index (χ0n) is 16.4. The van der Waals surface area contributed by atoms with Crippen molar-refractivity contribution in [1.82, 2.24) is 14.6 Å². The van der Waals surface area contributed by atoms with Crippen molar-refractivity contribution >= 4 is 56.0 Å². The van der Waals surface area contributed by atoms with Crippen molar-refractivity contribution < 1.29 is 23.1 Å². The summed E-state index contributed by atoms with van der Waals surface area (Å²) in [6, 6.07) is 11.4. The third-order valence-corrected chi connectivity index (χ3v) is 5.98. The van der Waals surface area contributed by atoms with Gasteiger partial charge in [0.1, 0.15) is 5.69 Å². The fourth-order valence-corrected chi connectivity index (χ4v) is 3.95. The number of carbonyl (C=O) groups is 2. The molecule has 0 atom stereocenters. The first-order chi connectivity index (χ1) is 14.6. The van der Waals surface area contributed by atoms with Crippen LogP contribution in [0.4, 0.5) is 0 Å². The summed E-state index contributed by atoms with van der Waals surface area (Å²) < 4.78 is 26.1. The summed E-state index contributed by atoms with van der Waals surface area (Å²) in [5, 5.41) is 13.5. The highest BCUT2D eigenvalue weighted by Gasteiger charge is 2.19. The molecule has 3 N–H and O–H groups in total. The van der Waals surface area contributed by atoms with Crippen molar-refractivity contribution in [3.63, 3.8) is 0 Å². The molecule has 0 spiro atoms. The highest BCUT2D eigenvalue weighted by atomic mass is 35.5. The maximum Gasteiger partial charge on any atom is 0.352 e. The van der Waals surface area contributed by atoms with Gasteiger partial charge in [-0.25, -0.2) is 17.9 Å². The Morgan fingerprint density at radius 3 is 2.45 bits per heavy atom. The number of nitrogens with one attached hydrogen (secondary N) is 2. The third kappa shape index (κ3) is 5.56. The molecule has 8 nitrogen and oxygen atoms in total. The second kappa shape index (κ2) is 9.27. The Labute approximate surface area is 188 Å². The van der Waals surface area contributed by atoms with Crippen molar-refractivity contribution in [2.45, 2.75) is 6.54 Å². The van der Waals surface area contributed by atoms with E-state index in [1.54, 1.807) is 41.0 Å². The number of amides is 1. The average Bonchev–Trinajstić information content (AvgIpc) is 3.06. The Kier molecular flexibility index (Phi) is 6.90. The van der Waals surface area contributed by atoms with Crippen LogP contribution in [-0.4, -0.2) is 49.3 Å². The Bertz CT molecular complexity index is 1270. The molecule has 3 rings (SSSR count). The molecular formula is C20H19Cl2N3O5S. The highest BCUT2D eigenvalue weighted by Crippen LogP contribution is 2.27. The molecule has 0 saturated carbocycles. The van der Waals surface area contributed by atoms with E-state index in [0.29, 0.717) is 20.9 Å². The number of nitrogens with zero attached hydrogens (tertiary/aromatic N) is 1. The zero-order valence-corrected chi connectivity index (χ0v) is 18.7. The van der Waals surface area contributed by atoms with Crippen LogP contribution in [0.25, 0.3) is 10.9 Å². The van der Waals surface area contributed by atoms with Gasteiger partial charge in [-0.3, -0.25) is 4.79 Å². The number of carboxylic acids is 1. The van der Waals surface area contributed by atoms with Gasteiger partial charge < -0.3 is 15.0 Å². The predicted octanol–water partition coefficient (Wildman–Crippen LogP) is 2.97. The molecule has 0 aliphatic carbocycles. The fraction of sp³-hybridized carbons (Fsp3) is 0.200. The van der Waals surface area contributed by atoms with Gasteiger partial charge in [0, 0.05) is 36.1 Å². The first kappa shape index (κ1) is 23.1. The molecule has 1 aromatic heterocycles.